The Labute approximate surface area is 171 Å². The fourth-order valence-corrected chi connectivity index (χ4v) is 3.08. The first-order valence-corrected chi connectivity index (χ1v) is 9.19. The topological polar surface area (TPSA) is 103 Å². The van der Waals surface area contributed by atoms with Crippen molar-refractivity contribution in [1.29, 1.82) is 0 Å². The van der Waals surface area contributed by atoms with Crippen LogP contribution in [0.1, 0.15) is 27.4 Å². The number of hydrogen-bond donors (Lipinski definition) is 1. The summed E-state index contributed by atoms with van der Waals surface area (Å²) in [5.41, 5.74) is 6.92. The molecule has 4 rings (SSSR count). The summed E-state index contributed by atoms with van der Waals surface area (Å²) in [5.74, 6) is -0.526. The summed E-state index contributed by atoms with van der Waals surface area (Å²) in [7, 11) is 0. The van der Waals surface area contributed by atoms with E-state index in [9.17, 15) is 14.9 Å². The summed E-state index contributed by atoms with van der Waals surface area (Å²) in [4.78, 5) is 22.7. The van der Waals surface area contributed by atoms with Gasteiger partial charge in [0.15, 0.2) is 5.76 Å². The number of carbonyl (C=O) groups excluding carboxylic acids is 1. The van der Waals surface area contributed by atoms with Gasteiger partial charge in [-0.1, -0.05) is 6.07 Å². The second kappa shape index (κ2) is 7.67. The predicted octanol–water partition coefficient (Wildman–Crippen LogP) is 4.51. The van der Waals surface area contributed by atoms with E-state index in [4.69, 9.17) is 4.42 Å². The van der Waals surface area contributed by atoms with Gasteiger partial charge in [0, 0.05) is 29.4 Å². The summed E-state index contributed by atoms with van der Waals surface area (Å²) in [6.07, 6.45) is 3.46. The number of carbonyl (C=O) groups is 1. The number of rotatable bonds is 5. The van der Waals surface area contributed by atoms with Crippen LogP contribution in [0.3, 0.4) is 0 Å². The number of nitro benzene ring substituents is 1. The van der Waals surface area contributed by atoms with E-state index in [1.807, 2.05) is 29.0 Å². The minimum absolute atomic E-state index is 0.0205. The van der Waals surface area contributed by atoms with Crippen molar-refractivity contribution in [1.82, 2.24) is 9.99 Å². The highest BCUT2D eigenvalue weighted by atomic mass is 16.6. The van der Waals surface area contributed by atoms with Gasteiger partial charge in [0.25, 0.3) is 5.69 Å². The van der Waals surface area contributed by atoms with Gasteiger partial charge in [-0.25, -0.2) is 5.43 Å². The minimum Gasteiger partial charge on any atom is -0.451 e. The largest absolute Gasteiger partial charge is 0.451 e. The van der Waals surface area contributed by atoms with E-state index < -0.39 is 10.8 Å². The molecule has 0 aliphatic rings. The predicted molar refractivity (Wildman–Crippen MR) is 113 cm³/mol. The van der Waals surface area contributed by atoms with E-state index in [1.165, 1.54) is 35.4 Å². The van der Waals surface area contributed by atoms with E-state index in [2.05, 4.69) is 36.5 Å². The Hall–Kier alpha value is -4.20. The van der Waals surface area contributed by atoms with Crippen molar-refractivity contribution in [2.75, 3.05) is 0 Å². The molecule has 8 heteroatoms. The van der Waals surface area contributed by atoms with Crippen molar-refractivity contribution in [3.05, 3.63) is 93.5 Å². The van der Waals surface area contributed by atoms with Crippen LogP contribution in [0.4, 0.5) is 5.69 Å². The molecule has 2 heterocycles. The maximum atomic E-state index is 12.3. The van der Waals surface area contributed by atoms with E-state index in [0.29, 0.717) is 11.0 Å². The molecule has 0 fully saturated rings. The van der Waals surface area contributed by atoms with Gasteiger partial charge in [0.05, 0.1) is 16.8 Å². The van der Waals surface area contributed by atoms with Crippen LogP contribution in [0.5, 0.6) is 0 Å². The lowest BCUT2D eigenvalue weighted by Crippen LogP contribution is -2.17. The van der Waals surface area contributed by atoms with Gasteiger partial charge < -0.3 is 8.98 Å². The summed E-state index contributed by atoms with van der Waals surface area (Å²) < 4.78 is 7.42. The van der Waals surface area contributed by atoms with E-state index in [1.54, 1.807) is 6.21 Å². The molecule has 2 aromatic carbocycles. The number of nitrogens with one attached hydrogen (secondary N) is 1. The molecule has 4 aromatic rings. The Morgan fingerprint density at radius 3 is 2.73 bits per heavy atom. The van der Waals surface area contributed by atoms with Gasteiger partial charge in [-0.2, -0.15) is 5.10 Å². The first kappa shape index (κ1) is 19.1. The molecule has 30 heavy (non-hydrogen) atoms. The Morgan fingerprint density at radius 1 is 1.13 bits per heavy atom. The third kappa shape index (κ3) is 3.70. The van der Waals surface area contributed by atoms with Gasteiger partial charge in [-0.15, -0.1) is 0 Å². The van der Waals surface area contributed by atoms with E-state index in [0.717, 1.165) is 11.4 Å². The molecule has 150 valence electrons. The molecule has 0 aliphatic heterocycles. The number of nitrogens with zero attached hydrogens (tertiary/aromatic N) is 3. The standard InChI is InChI=1S/C22H18N4O4/c1-14-5-6-17(10-15(14)2)25-9-3-4-19(25)13-23-24-22(27)21-12-16-11-18(26(28)29)7-8-20(16)30-21/h3-13H,1-2H3,(H,24,27)/b23-13-. The number of furan rings is 1. The average Bonchev–Trinajstić information content (AvgIpc) is 3.36. The zero-order valence-corrected chi connectivity index (χ0v) is 16.3. The number of amides is 1. The summed E-state index contributed by atoms with van der Waals surface area (Å²) >= 11 is 0. The summed E-state index contributed by atoms with van der Waals surface area (Å²) in [6.45, 7) is 4.11. The molecule has 0 unspecified atom stereocenters. The first-order chi connectivity index (χ1) is 14.4. The van der Waals surface area contributed by atoms with Gasteiger partial charge in [-0.3, -0.25) is 14.9 Å². The smallest absolute Gasteiger partial charge is 0.307 e. The van der Waals surface area contributed by atoms with Gasteiger partial charge in [0.1, 0.15) is 5.58 Å². The lowest BCUT2D eigenvalue weighted by atomic mass is 10.1. The highest BCUT2D eigenvalue weighted by Crippen LogP contribution is 2.24. The van der Waals surface area contributed by atoms with Crippen LogP contribution in [0.25, 0.3) is 16.7 Å². The van der Waals surface area contributed by atoms with Gasteiger partial charge >= 0.3 is 5.91 Å². The van der Waals surface area contributed by atoms with Crippen molar-refractivity contribution in [3.8, 4) is 5.69 Å². The Bertz CT molecular complexity index is 1300. The molecule has 0 aliphatic carbocycles. The first-order valence-electron chi connectivity index (χ1n) is 9.19. The third-order valence-corrected chi connectivity index (χ3v) is 4.85. The second-order valence-corrected chi connectivity index (χ2v) is 6.86. The lowest BCUT2D eigenvalue weighted by Gasteiger charge is -2.08. The number of nitro groups is 1. The van der Waals surface area contributed by atoms with Crippen LogP contribution in [0.2, 0.25) is 0 Å². The van der Waals surface area contributed by atoms with Crippen molar-refractivity contribution in [3.63, 3.8) is 0 Å². The molecular weight excluding hydrogens is 384 g/mol. The fraction of sp³-hybridized carbons (Fsp3) is 0.0909. The number of non-ortho nitro benzene ring substituents is 1. The average molecular weight is 402 g/mol. The van der Waals surface area contributed by atoms with Crippen LogP contribution in [0, 0.1) is 24.0 Å². The maximum absolute atomic E-state index is 12.3. The van der Waals surface area contributed by atoms with Crippen LogP contribution in [-0.4, -0.2) is 21.6 Å². The van der Waals surface area contributed by atoms with Crippen LogP contribution in [-0.2, 0) is 0 Å². The fourth-order valence-electron chi connectivity index (χ4n) is 3.08. The molecule has 1 amide bonds. The van der Waals surface area contributed by atoms with Crippen LogP contribution >= 0.6 is 0 Å². The highest BCUT2D eigenvalue weighted by molar-refractivity contribution is 5.96. The van der Waals surface area contributed by atoms with Crippen molar-refractivity contribution in [2.24, 2.45) is 5.10 Å². The zero-order valence-electron chi connectivity index (χ0n) is 16.3. The molecule has 0 bridgehead atoms. The molecule has 0 saturated heterocycles. The number of hydrazone groups is 1. The van der Waals surface area contributed by atoms with Gasteiger partial charge in [0.2, 0.25) is 0 Å². The summed E-state index contributed by atoms with van der Waals surface area (Å²) in [6, 6.07) is 15.5. The quantitative estimate of drug-likeness (QED) is 0.301. The third-order valence-electron chi connectivity index (χ3n) is 4.85. The Morgan fingerprint density at radius 2 is 1.97 bits per heavy atom. The van der Waals surface area contributed by atoms with Crippen LogP contribution < -0.4 is 5.43 Å². The number of benzene rings is 2. The van der Waals surface area contributed by atoms with E-state index >= 15 is 0 Å². The molecule has 1 N–H and O–H groups in total. The number of hydrogen-bond acceptors (Lipinski definition) is 5. The second-order valence-electron chi connectivity index (χ2n) is 6.86. The zero-order chi connectivity index (χ0) is 21.3. The number of aromatic nitrogens is 1. The molecular formula is C22H18N4O4. The summed E-state index contributed by atoms with van der Waals surface area (Å²) in [5, 5.41) is 15.4. The lowest BCUT2D eigenvalue weighted by molar-refractivity contribution is -0.384. The van der Waals surface area contributed by atoms with Crippen molar-refractivity contribution in [2.45, 2.75) is 13.8 Å². The van der Waals surface area contributed by atoms with Gasteiger partial charge in [-0.05, 0) is 61.4 Å². The van der Waals surface area contributed by atoms with Crippen molar-refractivity contribution >= 4 is 28.8 Å². The molecule has 0 radical (unpaired) electrons. The van der Waals surface area contributed by atoms with E-state index in [-0.39, 0.29) is 11.4 Å². The Balaban J connectivity index is 1.51. The number of fused-ring (bicyclic) bond motifs is 1. The maximum Gasteiger partial charge on any atom is 0.307 e. The normalized spacial score (nSPS) is 11.3. The molecule has 0 spiro atoms. The SMILES string of the molecule is Cc1ccc(-n2cccc2/C=N\NC(=O)c2cc3cc([N+](=O)[O-])ccc3o2)cc1C. The Kier molecular flexibility index (Phi) is 4.89. The number of aryl methyl sites for hydroxylation is 2. The highest BCUT2D eigenvalue weighted by Gasteiger charge is 2.14. The molecule has 0 atom stereocenters. The molecule has 0 saturated carbocycles. The molecule has 8 nitrogen and oxygen atoms in total. The van der Waals surface area contributed by atoms with Crippen molar-refractivity contribution < 1.29 is 14.1 Å². The molecule has 2 aromatic heterocycles. The van der Waals surface area contributed by atoms with Crippen LogP contribution in [0.15, 0.2) is 70.3 Å². The minimum atomic E-state index is -0.547. The monoisotopic (exact) mass is 402 g/mol.